The molecule has 2 nitrogen and oxygen atoms in total. The molecule has 0 bridgehead atoms. The first-order chi connectivity index (χ1) is 9.42. The molecule has 0 rings (SSSR count). The fourth-order valence-corrected chi connectivity index (χ4v) is 7.54. The smallest absolute Gasteiger partial charge is 0.344 e. The fraction of sp³-hybridized carbons (Fsp3) is 1.00. The van der Waals surface area contributed by atoms with E-state index in [-0.39, 0.29) is 5.04 Å². The third kappa shape index (κ3) is 5.49. The van der Waals surface area contributed by atoms with E-state index in [0.29, 0.717) is 0 Å². The zero-order chi connectivity index (χ0) is 15.6. The van der Waals surface area contributed by atoms with Gasteiger partial charge in [0.05, 0.1) is 0 Å². The molecule has 0 saturated carbocycles. The molecular formula is C17H38O2Si. The van der Waals surface area contributed by atoms with Gasteiger partial charge >= 0.3 is 8.56 Å². The lowest BCUT2D eigenvalue weighted by Crippen LogP contribution is -2.52. The van der Waals surface area contributed by atoms with Crippen molar-refractivity contribution in [2.24, 2.45) is 5.92 Å². The molecule has 0 atom stereocenters. The van der Waals surface area contributed by atoms with Gasteiger partial charge < -0.3 is 8.85 Å². The Balaban J connectivity index is 5.26. The summed E-state index contributed by atoms with van der Waals surface area (Å²) in [5.41, 5.74) is 0. The summed E-state index contributed by atoms with van der Waals surface area (Å²) < 4.78 is 12.8. The van der Waals surface area contributed by atoms with Gasteiger partial charge in [-0.3, -0.25) is 0 Å². The minimum absolute atomic E-state index is 0.192. The van der Waals surface area contributed by atoms with E-state index in [2.05, 4.69) is 48.5 Å². The molecule has 20 heavy (non-hydrogen) atoms. The maximum atomic E-state index is 6.38. The van der Waals surface area contributed by atoms with E-state index in [0.717, 1.165) is 25.2 Å². The second-order valence-electron chi connectivity index (χ2n) is 6.49. The van der Waals surface area contributed by atoms with Crippen molar-refractivity contribution < 1.29 is 8.85 Å². The van der Waals surface area contributed by atoms with Crippen LogP contribution in [0, 0.1) is 5.92 Å². The molecule has 0 heterocycles. The molecule has 0 radical (unpaired) electrons. The van der Waals surface area contributed by atoms with E-state index in [1.807, 2.05) is 0 Å². The molecule has 0 saturated heterocycles. The Morgan fingerprint density at radius 2 is 1.40 bits per heavy atom. The topological polar surface area (TPSA) is 18.5 Å². The molecule has 0 fully saturated rings. The molecular weight excluding hydrogens is 264 g/mol. The van der Waals surface area contributed by atoms with Crippen molar-refractivity contribution in [3.63, 3.8) is 0 Å². The van der Waals surface area contributed by atoms with Crippen LogP contribution in [0.3, 0.4) is 0 Å². The summed E-state index contributed by atoms with van der Waals surface area (Å²) >= 11 is 0. The summed E-state index contributed by atoms with van der Waals surface area (Å²) in [6, 6.07) is 1.15. The Labute approximate surface area is 128 Å². The molecule has 0 aromatic heterocycles. The second-order valence-corrected chi connectivity index (χ2v) is 10.3. The van der Waals surface area contributed by atoms with Crippen molar-refractivity contribution in [2.75, 3.05) is 13.2 Å². The Bertz CT molecular complexity index is 231. The van der Waals surface area contributed by atoms with Crippen LogP contribution in [0.5, 0.6) is 0 Å². The first kappa shape index (κ1) is 20.1. The standard InChI is InChI=1S/C17H38O2Si/c1-8-13-14-17(6,7)20(18-11-4,19-12-5)15-16(9-2)10-3/h16H,8-15H2,1-7H3. The van der Waals surface area contributed by atoms with Crippen LogP contribution in [-0.2, 0) is 8.85 Å². The fourth-order valence-electron chi connectivity index (χ4n) is 3.06. The van der Waals surface area contributed by atoms with E-state index in [1.54, 1.807) is 0 Å². The van der Waals surface area contributed by atoms with Gasteiger partial charge in [-0.15, -0.1) is 0 Å². The van der Waals surface area contributed by atoms with Gasteiger partial charge in [-0.2, -0.15) is 0 Å². The number of unbranched alkanes of at least 4 members (excludes halogenated alkanes) is 1. The minimum atomic E-state index is -2.17. The molecule has 0 aromatic carbocycles. The number of rotatable bonds is 12. The van der Waals surface area contributed by atoms with Crippen molar-refractivity contribution in [1.82, 2.24) is 0 Å². The van der Waals surface area contributed by atoms with Crippen LogP contribution in [-0.4, -0.2) is 21.8 Å². The van der Waals surface area contributed by atoms with Gasteiger partial charge in [-0.25, -0.2) is 0 Å². The predicted molar refractivity (Wildman–Crippen MR) is 91.5 cm³/mol. The first-order valence-electron chi connectivity index (χ1n) is 8.70. The van der Waals surface area contributed by atoms with E-state index in [9.17, 15) is 0 Å². The van der Waals surface area contributed by atoms with Crippen LogP contribution >= 0.6 is 0 Å². The third-order valence-corrected chi connectivity index (χ3v) is 9.59. The Morgan fingerprint density at radius 1 is 0.900 bits per heavy atom. The monoisotopic (exact) mass is 302 g/mol. The second kappa shape index (κ2) is 9.96. The molecule has 0 aliphatic heterocycles. The number of hydrogen-bond donors (Lipinski definition) is 0. The lowest BCUT2D eigenvalue weighted by Gasteiger charge is -2.44. The van der Waals surface area contributed by atoms with Crippen LogP contribution in [0.1, 0.15) is 80.6 Å². The van der Waals surface area contributed by atoms with Crippen molar-refractivity contribution in [3.8, 4) is 0 Å². The summed E-state index contributed by atoms with van der Waals surface area (Å²) in [6.45, 7) is 17.4. The molecule has 122 valence electrons. The Morgan fingerprint density at radius 3 is 1.75 bits per heavy atom. The van der Waals surface area contributed by atoms with E-state index in [1.165, 1.54) is 32.1 Å². The highest BCUT2D eigenvalue weighted by molar-refractivity contribution is 6.70. The molecule has 0 unspecified atom stereocenters. The predicted octanol–water partition coefficient (Wildman–Crippen LogP) is 5.91. The van der Waals surface area contributed by atoms with Crippen molar-refractivity contribution in [2.45, 2.75) is 91.7 Å². The van der Waals surface area contributed by atoms with Gasteiger partial charge in [-0.1, -0.05) is 60.3 Å². The van der Waals surface area contributed by atoms with Crippen molar-refractivity contribution >= 4 is 8.56 Å². The molecule has 0 aliphatic carbocycles. The van der Waals surface area contributed by atoms with Gasteiger partial charge in [0, 0.05) is 18.3 Å². The van der Waals surface area contributed by atoms with E-state index < -0.39 is 8.56 Å². The van der Waals surface area contributed by atoms with Crippen molar-refractivity contribution in [3.05, 3.63) is 0 Å². The highest BCUT2D eigenvalue weighted by atomic mass is 28.4. The largest absolute Gasteiger partial charge is 0.394 e. The minimum Gasteiger partial charge on any atom is -0.394 e. The van der Waals surface area contributed by atoms with Crippen molar-refractivity contribution in [1.29, 1.82) is 0 Å². The van der Waals surface area contributed by atoms with Crippen LogP contribution < -0.4 is 0 Å². The van der Waals surface area contributed by atoms with Crippen LogP contribution in [0.25, 0.3) is 0 Å². The highest BCUT2D eigenvalue weighted by Crippen LogP contribution is 2.47. The van der Waals surface area contributed by atoms with Gasteiger partial charge in [0.2, 0.25) is 0 Å². The van der Waals surface area contributed by atoms with Gasteiger partial charge in [0.15, 0.2) is 0 Å². The average Bonchev–Trinajstić information content (AvgIpc) is 2.42. The maximum Gasteiger partial charge on any atom is 0.344 e. The first-order valence-corrected chi connectivity index (χ1v) is 10.7. The molecule has 0 aliphatic rings. The lowest BCUT2D eigenvalue weighted by atomic mass is 10.1. The summed E-state index contributed by atoms with van der Waals surface area (Å²) in [6.07, 6.45) is 6.20. The maximum absolute atomic E-state index is 6.38. The molecule has 0 spiro atoms. The van der Waals surface area contributed by atoms with E-state index in [4.69, 9.17) is 8.85 Å². The average molecular weight is 303 g/mol. The quantitative estimate of drug-likeness (QED) is 0.417. The van der Waals surface area contributed by atoms with E-state index >= 15 is 0 Å². The zero-order valence-electron chi connectivity index (χ0n) is 15.1. The molecule has 3 heteroatoms. The van der Waals surface area contributed by atoms with Gasteiger partial charge in [0.1, 0.15) is 0 Å². The lowest BCUT2D eigenvalue weighted by molar-refractivity contribution is 0.147. The molecule has 0 N–H and O–H groups in total. The molecule has 0 amide bonds. The van der Waals surface area contributed by atoms with Crippen LogP contribution in [0.15, 0.2) is 0 Å². The highest BCUT2D eigenvalue weighted by Gasteiger charge is 2.51. The zero-order valence-corrected chi connectivity index (χ0v) is 16.1. The molecule has 0 aromatic rings. The third-order valence-electron chi connectivity index (χ3n) is 4.65. The van der Waals surface area contributed by atoms with Crippen LogP contribution in [0.2, 0.25) is 11.1 Å². The van der Waals surface area contributed by atoms with Gasteiger partial charge in [0.25, 0.3) is 0 Å². The summed E-state index contributed by atoms with van der Waals surface area (Å²) in [5, 5.41) is 0.192. The summed E-state index contributed by atoms with van der Waals surface area (Å²) in [5.74, 6) is 0.737. The SMILES string of the molecule is CCCCC(C)(C)[Si](CC(CC)CC)(OCC)OCC. The summed E-state index contributed by atoms with van der Waals surface area (Å²) in [7, 11) is -2.17. The van der Waals surface area contributed by atoms with Crippen LogP contribution in [0.4, 0.5) is 0 Å². The van der Waals surface area contributed by atoms with Gasteiger partial charge in [-0.05, 0) is 32.2 Å². The number of hydrogen-bond acceptors (Lipinski definition) is 2. The summed E-state index contributed by atoms with van der Waals surface area (Å²) in [4.78, 5) is 0. The Kier molecular flexibility index (Phi) is 10.0. The Hall–Kier alpha value is 0.137. The normalized spacial score (nSPS) is 13.2.